The highest BCUT2D eigenvalue weighted by molar-refractivity contribution is 5.47. The molecule has 3 nitrogen and oxygen atoms in total. The molecule has 1 saturated carbocycles. The van der Waals surface area contributed by atoms with Gasteiger partial charge in [-0.3, -0.25) is 0 Å². The molecule has 19 heavy (non-hydrogen) atoms. The van der Waals surface area contributed by atoms with Crippen molar-refractivity contribution < 1.29 is 13.2 Å². The first-order chi connectivity index (χ1) is 8.95. The second kappa shape index (κ2) is 5.67. The molecule has 6 heteroatoms. The molecule has 1 aliphatic carbocycles. The number of halogens is 3. The van der Waals surface area contributed by atoms with Gasteiger partial charge in [0.05, 0.1) is 5.56 Å². The number of nitrogens with one attached hydrogen (secondary N) is 1. The van der Waals surface area contributed by atoms with Gasteiger partial charge in [-0.25, -0.2) is 4.98 Å². The number of pyridine rings is 1. The van der Waals surface area contributed by atoms with Crippen molar-refractivity contribution in [2.45, 2.75) is 38.3 Å². The van der Waals surface area contributed by atoms with E-state index in [1.165, 1.54) is 19.3 Å². The Kier molecular flexibility index (Phi) is 4.17. The fourth-order valence-electron chi connectivity index (χ4n) is 2.45. The van der Waals surface area contributed by atoms with Crippen LogP contribution in [-0.4, -0.2) is 11.5 Å². The highest BCUT2D eigenvalue weighted by Crippen LogP contribution is 2.31. The molecule has 1 aromatic rings. The summed E-state index contributed by atoms with van der Waals surface area (Å²) < 4.78 is 37.9. The Morgan fingerprint density at radius 3 is 2.53 bits per heavy atom. The molecule has 1 heterocycles. The van der Waals surface area contributed by atoms with E-state index in [-0.39, 0.29) is 11.6 Å². The van der Waals surface area contributed by atoms with Crippen molar-refractivity contribution >= 4 is 11.6 Å². The van der Waals surface area contributed by atoms with Gasteiger partial charge in [0.25, 0.3) is 0 Å². The zero-order valence-electron chi connectivity index (χ0n) is 10.6. The fourth-order valence-corrected chi connectivity index (χ4v) is 2.45. The first-order valence-corrected chi connectivity index (χ1v) is 6.54. The van der Waals surface area contributed by atoms with Crippen molar-refractivity contribution in [3.05, 3.63) is 17.7 Å². The predicted molar refractivity (Wildman–Crippen MR) is 68.7 cm³/mol. The maximum atomic E-state index is 12.6. The molecule has 0 aliphatic heterocycles. The van der Waals surface area contributed by atoms with Crippen LogP contribution in [0.25, 0.3) is 0 Å². The summed E-state index contributed by atoms with van der Waals surface area (Å²) in [5.74, 6) is 0.616. The molecule has 1 fully saturated rings. The summed E-state index contributed by atoms with van der Waals surface area (Å²) >= 11 is 0. The molecule has 3 N–H and O–H groups in total. The Balaban J connectivity index is 2.01. The molecule has 0 aromatic carbocycles. The van der Waals surface area contributed by atoms with E-state index in [0.29, 0.717) is 12.5 Å². The van der Waals surface area contributed by atoms with Crippen LogP contribution in [0.1, 0.15) is 37.7 Å². The summed E-state index contributed by atoms with van der Waals surface area (Å²) in [6.07, 6.45) is 1.52. The zero-order chi connectivity index (χ0) is 13.9. The van der Waals surface area contributed by atoms with Crippen molar-refractivity contribution in [3.63, 3.8) is 0 Å². The van der Waals surface area contributed by atoms with Gasteiger partial charge < -0.3 is 11.1 Å². The van der Waals surface area contributed by atoms with Crippen molar-refractivity contribution in [2.75, 3.05) is 17.6 Å². The summed E-state index contributed by atoms with van der Waals surface area (Å²) in [5, 5.41) is 2.98. The third-order valence-corrected chi connectivity index (χ3v) is 3.47. The summed E-state index contributed by atoms with van der Waals surface area (Å²) in [7, 11) is 0. The summed E-state index contributed by atoms with van der Waals surface area (Å²) in [5.41, 5.74) is 4.66. The quantitative estimate of drug-likeness (QED) is 0.883. The SMILES string of the molecule is Nc1cc(C(F)(F)F)cc(NCC2CCCCC2)n1. The van der Waals surface area contributed by atoms with E-state index < -0.39 is 11.7 Å². The van der Waals surface area contributed by atoms with E-state index in [2.05, 4.69) is 10.3 Å². The van der Waals surface area contributed by atoms with Gasteiger partial charge in [-0.15, -0.1) is 0 Å². The summed E-state index contributed by atoms with van der Waals surface area (Å²) in [6, 6.07) is 1.87. The Labute approximate surface area is 110 Å². The van der Waals surface area contributed by atoms with Crippen LogP contribution in [0.5, 0.6) is 0 Å². The second-order valence-corrected chi connectivity index (χ2v) is 5.05. The predicted octanol–water partition coefficient (Wildman–Crippen LogP) is 3.67. The minimum atomic E-state index is -4.39. The third-order valence-electron chi connectivity index (χ3n) is 3.47. The van der Waals surface area contributed by atoms with Gasteiger partial charge in [0.15, 0.2) is 0 Å². The van der Waals surface area contributed by atoms with E-state index in [0.717, 1.165) is 25.0 Å². The number of aromatic nitrogens is 1. The number of nitrogen functional groups attached to an aromatic ring is 1. The van der Waals surface area contributed by atoms with Gasteiger partial charge in [0, 0.05) is 6.54 Å². The summed E-state index contributed by atoms with van der Waals surface area (Å²) in [6.45, 7) is 0.660. The Morgan fingerprint density at radius 1 is 1.21 bits per heavy atom. The van der Waals surface area contributed by atoms with Gasteiger partial charge in [0.1, 0.15) is 11.6 Å². The molecule has 0 atom stereocenters. The smallest absolute Gasteiger partial charge is 0.384 e. The number of alkyl halides is 3. The molecule has 0 radical (unpaired) electrons. The molecule has 1 aliphatic rings. The van der Waals surface area contributed by atoms with Gasteiger partial charge in [-0.1, -0.05) is 19.3 Å². The number of nitrogens with two attached hydrogens (primary N) is 1. The van der Waals surface area contributed by atoms with Crippen LogP contribution in [0.3, 0.4) is 0 Å². The molecule has 1 aromatic heterocycles. The van der Waals surface area contributed by atoms with Gasteiger partial charge >= 0.3 is 6.18 Å². The standard InChI is InChI=1S/C13H18F3N3/c14-13(15,16)10-6-11(17)19-12(7-10)18-8-9-4-2-1-3-5-9/h6-7,9H,1-5,8H2,(H3,17,18,19). The number of hydrogen-bond donors (Lipinski definition) is 2. The minimum Gasteiger partial charge on any atom is -0.384 e. The Hall–Kier alpha value is -1.46. The van der Waals surface area contributed by atoms with Crippen molar-refractivity contribution in [1.29, 1.82) is 0 Å². The monoisotopic (exact) mass is 273 g/mol. The summed E-state index contributed by atoms with van der Waals surface area (Å²) in [4.78, 5) is 3.90. The average molecular weight is 273 g/mol. The van der Waals surface area contributed by atoms with Gasteiger partial charge in [-0.05, 0) is 30.9 Å². The first kappa shape index (κ1) is 14.0. The molecular weight excluding hydrogens is 255 g/mol. The van der Waals surface area contributed by atoms with E-state index in [1.54, 1.807) is 0 Å². The van der Waals surface area contributed by atoms with Crippen LogP contribution in [-0.2, 0) is 6.18 Å². The van der Waals surface area contributed by atoms with E-state index in [1.807, 2.05) is 0 Å². The first-order valence-electron chi connectivity index (χ1n) is 6.54. The average Bonchev–Trinajstić information content (AvgIpc) is 2.36. The van der Waals surface area contributed by atoms with E-state index >= 15 is 0 Å². The maximum Gasteiger partial charge on any atom is 0.416 e. The van der Waals surface area contributed by atoms with Crippen LogP contribution >= 0.6 is 0 Å². The maximum absolute atomic E-state index is 12.6. The minimum absolute atomic E-state index is 0.110. The van der Waals surface area contributed by atoms with Crippen LogP contribution in [0.15, 0.2) is 12.1 Å². The molecule has 0 amide bonds. The zero-order valence-corrected chi connectivity index (χ0v) is 10.6. The highest BCUT2D eigenvalue weighted by atomic mass is 19.4. The van der Waals surface area contributed by atoms with E-state index in [9.17, 15) is 13.2 Å². The van der Waals surface area contributed by atoms with Gasteiger partial charge in [-0.2, -0.15) is 13.2 Å². The van der Waals surface area contributed by atoms with Crippen molar-refractivity contribution in [2.24, 2.45) is 5.92 Å². The lowest BCUT2D eigenvalue weighted by atomic mass is 9.89. The molecule has 0 saturated heterocycles. The van der Waals surface area contributed by atoms with Crippen LogP contribution < -0.4 is 11.1 Å². The highest BCUT2D eigenvalue weighted by Gasteiger charge is 2.31. The topological polar surface area (TPSA) is 50.9 Å². The van der Waals surface area contributed by atoms with Crippen LogP contribution in [0, 0.1) is 5.92 Å². The third kappa shape index (κ3) is 4.01. The number of rotatable bonds is 3. The van der Waals surface area contributed by atoms with E-state index in [4.69, 9.17) is 5.73 Å². The molecule has 0 unspecified atom stereocenters. The number of hydrogen-bond acceptors (Lipinski definition) is 3. The lowest BCUT2D eigenvalue weighted by molar-refractivity contribution is -0.137. The van der Waals surface area contributed by atoms with Crippen LogP contribution in [0.2, 0.25) is 0 Å². The number of anilines is 2. The van der Waals surface area contributed by atoms with Gasteiger partial charge in [0.2, 0.25) is 0 Å². The Morgan fingerprint density at radius 2 is 1.89 bits per heavy atom. The van der Waals surface area contributed by atoms with Crippen molar-refractivity contribution in [3.8, 4) is 0 Å². The Bertz CT molecular complexity index is 426. The molecule has 0 spiro atoms. The lowest BCUT2D eigenvalue weighted by Crippen LogP contribution is -2.18. The van der Waals surface area contributed by atoms with Crippen LogP contribution in [0.4, 0.5) is 24.8 Å². The normalized spacial score (nSPS) is 17.4. The second-order valence-electron chi connectivity index (χ2n) is 5.05. The largest absolute Gasteiger partial charge is 0.416 e. The molecular formula is C13H18F3N3. The molecule has 0 bridgehead atoms. The molecule has 2 rings (SSSR count). The number of nitrogens with zero attached hydrogens (tertiary/aromatic N) is 1. The molecule has 106 valence electrons. The van der Waals surface area contributed by atoms with Crippen molar-refractivity contribution in [1.82, 2.24) is 4.98 Å². The fraction of sp³-hybridized carbons (Fsp3) is 0.615. The lowest BCUT2D eigenvalue weighted by Gasteiger charge is -2.22.